The third-order valence-electron chi connectivity index (χ3n) is 2.30. The Kier molecular flexibility index (Phi) is 2.52. The second-order valence-electron chi connectivity index (χ2n) is 3.07. The fourth-order valence-corrected chi connectivity index (χ4v) is 1.48. The van der Waals surface area contributed by atoms with Crippen molar-refractivity contribution in [2.75, 3.05) is 0 Å². The van der Waals surface area contributed by atoms with Gasteiger partial charge in [0.05, 0.1) is 0 Å². The van der Waals surface area contributed by atoms with E-state index in [-0.39, 0.29) is 0 Å². The lowest BCUT2D eigenvalue weighted by molar-refractivity contribution is 0.328. The summed E-state index contributed by atoms with van der Waals surface area (Å²) >= 11 is 0. The lowest BCUT2D eigenvalue weighted by atomic mass is 9.85. The van der Waals surface area contributed by atoms with Gasteiger partial charge < -0.3 is 5.73 Å². The molecule has 0 aromatic carbocycles. The van der Waals surface area contributed by atoms with E-state index in [4.69, 9.17) is 5.73 Å². The summed E-state index contributed by atoms with van der Waals surface area (Å²) in [7, 11) is 0. The lowest BCUT2D eigenvalue weighted by Gasteiger charge is -2.24. The number of hydrogen-bond donors (Lipinski definition) is 1. The maximum absolute atomic E-state index is 5.73. The van der Waals surface area contributed by atoms with Gasteiger partial charge in [-0.2, -0.15) is 0 Å². The summed E-state index contributed by atoms with van der Waals surface area (Å²) in [5.74, 6) is 0.879. The second-order valence-corrected chi connectivity index (χ2v) is 3.07. The van der Waals surface area contributed by atoms with Gasteiger partial charge in [0, 0.05) is 6.04 Å². The lowest BCUT2D eigenvalue weighted by Crippen LogP contribution is -2.26. The van der Waals surface area contributed by atoms with Crippen molar-refractivity contribution in [2.24, 2.45) is 11.7 Å². The average molecular weight is 126 g/mol. The van der Waals surface area contributed by atoms with Crippen LogP contribution in [0.5, 0.6) is 0 Å². The van der Waals surface area contributed by atoms with E-state index < -0.39 is 0 Å². The summed E-state index contributed by atoms with van der Waals surface area (Å²) < 4.78 is 0. The van der Waals surface area contributed by atoms with Crippen LogP contribution in [0.15, 0.2) is 0 Å². The van der Waals surface area contributed by atoms with Crippen molar-refractivity contribution >= 4 is 0 Å². The van der Waals surface area contributed by atoms with Crippen LogP contribution in [-0.2, 0) is 0 Å². The van der Waals surface area contributed by atoms with Crippen LogP contribution in [0.25, 0.3) is 0 Å². The van der Waals surface area contributed by atoms with Crippen LogP contribution in [0.2, 0.25) is 0 Å². The minimum Gasteiger partial charge on any atom is -0.328 e. The smallest absolute Gasteiger partial charge is 0.00390 e. The Balaban J connectivity index is 2.18. The van der Waals surface area contributed by atoms with E-state index in [0.717, 1.165) is 12.3 Å². The minimum absolute atomic E-state index is 0.493. The summed E-state index contributed by atoms with van der Waals surface area (Å²) in [4.78, 5) is 0. The van der Waals surface area contributed by atoms with Crippen molar-refractivity contribution in [3.8, 4) is 0 Å². The Morgan fingerprint density at radius 1 is 1.22 bits per heavy atom. The topological polar surface area (TPSA) is 26.0 Å². The van der Waals surface area contributed by atoms with Gasteiger partial charge in [-0.1, -0.05) is 13.3 Å². The van der Waals surface area contributed by atoms with E-state index in [1.54, 1.807) is 0 Å². The largest absolute Gasteiger partial charge is 0.328 e. The Labute approximate surface area is 57.6 Å². The maximum atomic E-state index is 5.73. The summed E-state index contributed by atoms with van der Waals surface area (Å²) in [6.45, 7) is 3.89. The van der Waals surface area contributed by atoms with Gasteiger partial charge in [-0.3, -0.25) is 0 Å². The molecule has 1 aliphatic carbocycles. The van der Waals surface area contributed by atoms with E-state index >= 15 is 0 Å². The third kappa shape index (κ3) is 1.98. The molecule has 1 nitrogen and oxygen atoms in total. The van der Waals surface area contributed by atoms with Gasteiger partial charge >= 0.3 is 0 Å². The normalized spacial score (nSPS) is 36.7. The van der Waals surface area contributed by atoms with Crippen molar-refractivity contribution in [3.63, 3.8) is 0 Å². The molecule has 53 valence electrons. The molecule has 1 saturated carbocycles. The molecule has 1 heteroatoms. The van der Waals surface area contributed by atoms with Gasteiger partial charge in [0.2, 0.25) is 0 Å². The molecule has 0 heterocycles. The first-order chi connectivity index (χ1) is 4.33. The zero-order chi connectivity index (χ0) is 6.69. The first-order valence-electron chi connectivity index (χ1n) is 3.87. The molecule has 0 aromatic rings. The predicted octanol–water partition coefficient (Wildman–Crippen LogP) is 1.73. The van der Waals surface area contributed by atoms with Crippen LogP contribution in [0.4, 0.5) is 0 Å². The van der Waals surface area contributed by atoms with Crippen molar-refractivity contribution in [2.45, 2.75) is 38.1 Å². The van der Waals surface area contributed by atoms with E-state index in [1.807, 2.05) is 0 Å². The molecule has 1 aliphatic rings. The van der Waals surface area contributed by atoms with Crippen molar-refractivity contribution in [1.29, 1.82) is 0 Å². The van der Waals surface area contributed by atoms with Crippen molar-refractivity contribution < 1.29 is 0 Å². The van der Waals surface area contributed by atoms with Gasteiger partial charge in [-0.25, -0.2) is 0 Å². The Hall–Kier alpha value is -0.0400. The highest BCUT2D eigenvalue weighted by molar-refractivity contribution is 4.74. The SMILES string of the molecule is [CH2]CC1CCC(N)CC1. The first kappa shape index (κ1) is 7.07. The molecule has 0 aliphatic heterocycles. The van der Waals surface area contributed by atoms with Gasteiger partial charge in [0.25, 0.3) is 0 Å². The fraction of sp³-hybridized carbons (Fsp3) is 0.875. The van der Waals surface area contributed by atoms with Crippen LogP contribution >= 0.6 is 0 Å². The Morgan fingerprint density at radius 2 is 1.78 bits per heavy atom. The van der Waals surface area contributed by atoms with E-state index in [0.29, 0.717) is 6.04 Å². The summed E-state index contributed by atoms with van der Waals surface area (Å²) in [6, 6.07) is 0.493. The maximum Gasteiger partial charge on any atom is 0.00390 e. The average Bonchev–Trinajstić information content (AvgIpc) is 1.90. The van der Waals surface area contributed by atoms with E-state index in [9.17, 15) is 0 Å². The second kappa shape index (κ2) is 3.21. The summed E-state index contributed by atoms with van der Waals surface area (Å²) in [5, 5.41) is 0. The van der Waals surface area contributed by atoms with E-state index in [2.05, 4.69) is 6.92 Å². The van der Waals surface area contributed by atoms with Gasteiger partial charge in [0.1, 0.15) is 0 Å². The molecule has 0 bridgehead atoms. The van der Waals surface area contributed by atoms with Gasteiger partial charge in [0.15, 0.2) is 0 Å². The molecule has 2 N–H and O–H groups in total. The zero-order valence-electron chi connectivity index (χ0n) is 5.97. The van der Waals surface area contributed by atoms with Crippen LogP contribution in [0.1, 0.15) is 32.1 Å². The van der Waals surface area contributed by atoms with Crippen LogP contribution in [0.3, 0.4) is 0 Å². The number of nitrogens with two attached hydrogens (primary N) is 1. The quantitative estimate of drug-likeness (QED) is 0.569. The Morgan fingerprint density at radius 3 is 2.22 bits per heavy atom. The molecule has 1 radical (unpaired) electrons. The molecular formula is C8H16N. The molecule has 9 heavy (non-hydrogen) atoms. The zero-order valence-corrected chi connectivity index (χ0v) is 5.97. The standard InChI is InChI=1S/C8H16N/c1-2-7-3-5-8(9)6-4-7/h7-8H,1-6,9H2. The fourth-order valence-electron chi connectivity index (χ4n) is 1.48. The minimum atomic E-state index is 0.493. The molecule has 0 saturated heterocycles. The molecule has 0 spiro atoms. The van der Waals surface area contributed by atoms with Gasteiger partial charge in [-0.15, -0.1) is 0 Å². The highest BCUT2D eigenvalue weighted by Gasteiger charge is 2.15. The Bertz CT molecular complexity index is 72.6. The molecule has 0 amide bonds. The third-order valence-corrected chi connectivity index (χ3v) is 2.30. The van der Waals surface area contributed by atoms with Gasteiger partial charge in [-0.05, 0) is 31.6 Å². The molecule has 1 rings (SSSR count). The summed E-state index contributed by atoms with van der Waals surface area (Å²) in [6.07, 6.45) is 6.17. The molecule has 0 atom stereocenters. The van der Waals surface area contributed by atoms with Crippen LogP contribution in [0, 0.1) is 12.8 Å². The first-order valence-corrected chi connectivity index (χ1v) is 3.87. The van der Waals surface area contributed by atoms with E-state index in [1.165, 1.54) is 25.7 Å². The molecular weight excluding hydrogens is 110 g/mol. The van der Waals surface area contributed by atoms with Crippen LogP contribution in [-0.4, -0.2) is 6.04 Å². The highest BCUT2D eigenvalue weighted by Crippen LogP contribution is 2.24. The number of rotatable bonds is 1. The summed E-state index contributed by atoms with van der Waals surface area (Å²) in [5.41, 5.74) is 5.73. The highest BCUT2D eigenvalue weighted by atomic mass is 14.6. The number of hydrogen-bond acceptors (Lipinski definition) is 1. The predicted molar refractivity (Wildman–Crippen MR) is 39.9 cm³/mol. The monoisotopic (exact) mass is 126 g/mol. The molecule has 0 unspecified atom stereocenters. The molecule has 1 fully saturated rings. The van der Waals surface area contributed by atoms with Crippen LogP contribution < -0.4 is 5.73 Å². The molecule has 0 aromatic heterocycles. The van der Waals surface area contributed by atoms with Crippen molar-refractivity contribution in [3.05, 3.63) is 6.92 Å². The van der Waals surface area contributed by atoms with Crippen molar-refractivity contribution in [1.82, 2.24) is 0 Å².